The third-order valence-electron chi connectivity index (χ3n) is 3.36. The molecule has 1 aliphatic carbocycles. The largest absolute Gasteiger partial charge is 0.449 e. The van der Waals surface area contributed by atoms with Gasteiger partial charge in [0.2, 0.25) is 0 Å². The number of benzene rings is 1. The van der Waals surface area contributed by atoms with Crippen molar-refractivity contribution in [1.82, 2.24) is 5.32 Å². The molecule has 1 aromatic carbocycles. The average molecular weight is 272 g/mol. The standard InChI is InChI=1S/C16H20N2O2/c1-3-9-17-15-8-6-12-5-7-13(11-14(12)15)18-16(19)20-10-4-2/h1,5,7,11,15,17H,4,6,8-10H2,2H3,(H,18,19)/t15-/m1/s1. The van der Waals surface area contributed by atoms with Crippen molar-refractivity contribution in [2.24, 2.45) is 0 Å². The predicted molar refractivity (Wildman–Crippen MR) is 79.6 cm³/mol. The van der Waals surface area contributed by atoms with Crippen LogP contribution in [0.4, 0.5) is 10.5 Å². The van der Waals surface area contributed by atoms with Crippen molar-refractivity contribution in [1.29, 1.82) is 0 Å². The summed E-state index contributed by atoms with van der Waals surface area (Å²) >= 11 is 0. The summed E-state index contributed by atoms with van der Waals surface area (Å²) in [5.74, 6) is 2.59. The number of anilines is 1. The van der Waals surface area contributed by atoms with Gasteiger partial charge in [-0.25, -0.2) is 4.79 Å². The van der Waals surface area contributed by atoms with Gasteiger partial charge in [0.25, 0.3) is 0 Å². The number of ether oxygens (including phenoxy) is 1. The van der Waals surface area contributed by atoms with Crippen LogP contribution >= 0.6 is 0 Å². The molecule has 0 aliphatic heterocycles. The Hall–Kier alpha value is -1.99. The topological polar surface area (TPSA) is 50.4 Å². The van der Waals surface area contributed by atoms with Crippen LogP contribution in [0.15, 0.2) is 18.2 Å². The van der Waals surface area contributed by atoms with Crippen LogP contribution in [0.5, 0.6) is 0 Å². The first-order chi connectivity index (χ1) is 9.74. The fraction of sp³-hybridized carbons (Fsp3) is 0.438. The molecule has 0 spiro atoms. The Kier molecular flexibility index (Phi) is 5.03. The van der Waals surface area contributed by atoms with Gasteiger partial charge in [0.1, 0.15) is 0 Å². The normalized spacial score (nSPS) is 16.3. The highest BCUT2D eigenvalue weighted by molar-refractivity contribution is 5.84. The number of terminal acetylenes is 1. The van der Waals surface area contributed by atoms with E-state index in [0.29, 0.717) is 13.2 Å². The summed E-state index contributed by atoms with van der Waals surface area (Å²) in [4.78, 5) is 11.5. The third kappa shape index (κ3) is 3.52. The maximum Gasteiger partial charge on any atom is 0.411 e. The van der Waals surface area contributed by atoms with E-state index in [1.807, 2.05) is 19.1 Å². The van der Waals surface area contributed by atoms with Crippen molar-refractivity contribution in [3.63, 3.8) is 0 Å². The summed E-state index contributed by atoms with van der Waals surface area (Å²) in [7, 11) is 0. The lowest BCUT2D eigenvalue weighted by Crippen LogP contribution is -2.19. The van der Waals surface area contributed by atoms with Gasteiger partial charge in [0.05, 0.1) is 13.2 Å². The Balaban J connectivity index is 2.03. The maximum atomic E-state index is 11.5. The molecule has 2 rings (SSSR count). The van der Waals surface area contributed by atoms with Crippen molar-refractivity contribution < 1.29 is 9.53 Å². The van der Waals surface area contributed by atoms with Gasteiger partial charge in [-0.3, -0.25) is 10.6 Å². The Morgan fingerprint density at radius 2 is 2.40 bits per heavy atom. The maximum absolute atomic E-state index is 11.5. The fourth-order valence-electron chi connectivity index (χ4n) is 2.42. The zero-order valence-corrected chi connectivity index (χ0v) is 11.7. The minimum absolute atomic E-state index is 0.273. The van der Waals surface area contributed by atoms with Crippen LogP contribution in [0.3, 0.4) is 0 Å². The second-order valence-electron chi connectivity index (χ2n) is 4.85. The van der Waals surface area contributed by atoms with Crippen LogP contribution in [0.2, 0.25) is 0 Å². The van der Waals surface area contributed by atoms with Crippen molar-refractivity contribution in [3.05, 3.63) is 29.3 Å². The SMILES string of the molecule is C#CCN[C@@H]1CCc2ccc(NC(=O)OCCC)cc21. The number of hydrogen-bond donors (Lipinski definition) is 2. The molecular formula is C16H20N2O2. The van der Waals surface area contributed by atoms with E-state index in [1.165, 1.54) is 11.1 Å². The number of amides is 1. The first kappa shape index (κ1) is 14.4. The summed E-state index contributed by atoms with van der Waals surface area (Å²) < 4.78 is 5.01. The summed E-state index contributed by atoms with van der Waals surface area (Å²) in [5.41, 5.74) is 3.29. The zero-order chi connectivity index (χ0) is 14.4. The first-order valence-electron chi connectivity index (χ1n) is 6.98. The van der Waals surface area contributed by atoms with Crippen LogP contribution in [0.25, 0.3) is 0 Å². The Morgan fingerprint density at radius 1 is 1.55 bits per heavy atom. The van der Waals surface area contributed by atoms with Crippen molar-refractivity contribution in [2.75, 3.05) is 18.5 Å². The number of hydrogen-bond acceptors (Lipinski definition) is 3. The molecule has 0 radical (unpaired) electrons. The molecule has 106 valence electrons. The molecule has 1 amide bonds. The molecule has 0 fully saturated rings. The summed E-state index contributed by atoms with van der Waals surface area (Å²) in [6.45, 7) is 2.95. The van der Waals surface area contributed by atoms with Crippen LogP contribution in [-0.4, -0.2) is 19.2 Å². The molecule has 0 heterocycles. The Bertz CT molecular complexity index is 520. The van der Waals surface area contributed by atoms with E-state index in [2.05, 4.69) is 22.6 Å². The van der Waals surface area contributed by atoms with Gasteiger partial charge in [-0.05, 0) is 42.5 Å². The van der Waals surface area contributed by atoms with Crippen molar-refractivity contribution in [2.45, 2.75) is 32.2 Å². The molecule has 1 aliphatic rings. The van der Waals surface area contributed by atoms with Gasteiger partial charge in [-0.1, -0.05) is 18.9 Å². The monoisotopic (exact) mass is 272 g/mol. The van der Waals surface area contributed by atoms with Crippen LogP contribution in [-0.2, 0) is 11.2 Å². The predicted octanol–water partition coefficient (Wildman–Crippen LogP) is 2.86. The molecule has 0 saturated carbocycles. The highest BCUT2D eigenvalue weighted by Gasteiger charge is 2.22. The second-order valence-corrected chi connectivity index (χ2v) is 4.85. The Labute approximate surface area is 119 Å². The van der Waals surface area contributed by atoms with Gasteiger partial charge in [0, 0.05) is 11.7 Å². The van der Waals surface area contributed by atoms with Gasteiger partial charge in [0.15, 0.2) is 0 Å². The zero-order valence-electron chi connectivity index (χ0n) is 11.7. The number of rotatable bonds is 5. The van der Waals surface area contributed by atoms with Crippen LogP contribution in [0, 0.1) is 12.3 Å². The lowest BCUT2D eigenvalue weighted by atomic mass is 10.1. The number of carbonyl (C=O) groups is 1. The lowest BCUT2D eigenvalue weighted by molar-refractivity contribution is 0.161. The summed E-state index contributed by atoms with van der Waals surface area (Å²) in [6, 6.07) is 6.25. The first-order valence-corrected chi connectivity index (χ1v) is 6.98. The molecular weight excluding hydrogens is 252 g/mol. The van der Waals surface area contributed by atoms with Gasteiger partial charge >= 0.3 is 6.09 Å². The minimum atomic E-state index is -0.405. The number of fused-ring (bicyclic) bond motifs is 1. The molecule has 0 bridgehead atoms. The van der Waals surface area contributed by atoms with Crippen LogP contribution < -0.4 is 10.6 Å². The highest BCUT2D eigenvalue weighted by Crippen LogP contribution is 2.32. The lowest BCUT2D eigenvalue weighted by Gasteiger charge is -2.13. The van der Waals surface area contributed by atoms with Gasteiger partial charge < -0.3 is 4.74 Å². The smallest absolute Gasteiger partial charge is 0.411 e. The quantitative estimate of drug-likeness (QED) is 0.810. The van der Waals surface area contributed by atoms with Crippen molar-refractivity contribution in [3.8, 4) is 12.3 Å². The average Bonchev–Trinajstić information content (AvgIpc) is 2.85. The van der Waals surface area contributed by atoms with E-state index in [1.54, 1.807) is 0 Å². The number of aryl methyl sites for hydroxylation is 1. The van der Waals surface area contributed by atoms with Crippen LogP contribution in [0.1, 0.15) is 36.9 Å². The van der Waals surface area contributed by atoms with E-state index in [4.69, 9.17) is 11.2 Å². The Morgan fingerprint density at radius 3 is 3.15 bits per heavy atom. The summed E-state index contributed by atoms with van der Waals surface area (Å²) in [6.07, 6.45) is 7.78. The van der Waals surface area contributed by atoms with Gasteiger partial charge in [-0.2, -0.15) is 0 Å². The van der Waals surface area contributed by atoms with Gasteiger partial charge in [-0.15, -0.1) is 6.42 Å². The molecule has 0 saturated heterocycles. The highest BCUT2D eigenvalue weighted by atomic mass is 16.5. The molecule has 20 heavy (non-hydrogen) atoms. The van der Waals surface area contributed by atoms with E-state index in [-0.39, 0.29) is 6.04 Å². The number of carbonyl (C=O) groups excluding carboxylic acids is 1. The minimum Gasteiger partial charge on any atom is -0.449 e. The van der Waals surface area contributed by atoms with E-state index in [9.17, 15) is 4.79 Å². The number of nitrogens with one attached hydrogen (secondary N) is 2. The molecule has 1 atom stereocenters. The molecule has 4 heteroatoms. The van der Waals surface area contributed by atoms with E-state index < -0.39 is 6.09 Å². The van der Waals surface area contributed by atoms with Crippen molar-refractivity contribution >= 4 is 11.8 Å². The molecule has 2 N–H and O–H groups in total. The molecule has 0 unspecified atom stereocenters. The van der Waals surface area contributed by atoms with E-state index in [0.717, 1.165) is 24.9 Å². The molecule has 1 aromatic rings. The second kappa shape index (κ2) is 6.97. The molecule has 4 nitrogen and oxygen atoms in total. The fourth-order valence-corrected chi connectivity index (χ4v) is 2.42. The summed E-state index contributed by atoms with van der Waals surface area (Å²) in [5, 5.41) is 6.08. The third-order valence-corrected chi connectivity index (χ3v) is 3.36. The van der Waals surface area contributed by atoms with E-state index >= 15 is 0 Å². The molecule has 0 aromatic heterocycles.